The van der Waals surface area contributed by atoms with Crippen molar-refractivity contribution < 1.29 is 13.6 Å². The van der Waals surface area contributed by atoms with E-state index in [0.717, 1.165) is 17.8 Å². The van der Waals surface area contributed by atoms with E-state index in [1.165, 1.54) is 10.6 Å². The van der Waals surface area contributed by atoms with Crippen molar-refractivity contribution in [3.8, 4) is 0 Å². The van der Waals surface area contributed by atoms with Crippen LogP contribution in [0.25, 0.3) is 5.52 Å². The third-order valence-corrected chi connectivity index (χ3v) is 3.73. The normalized spacial score (nSPS) is 11.0. The molecule has 1 aromatic carbocycles. The van der Waals surface area contributed by atoms with Crippen molar-refractivity contribution in [2.24, 2.45) is 0 Å². The Labute approximate surface area is 145 Å². The molecule has 4 rings (SSSR count). The number of halogens is 2. The zero-order valence-electron chi connectivity index (χ0n) is 13.5. The van der Waals surface area contributed by atoms with Crippen molar-refractivity contribution in [2.75, 3.05) is 5.32 Å². The topological polar surface area (TPSA) is 88.0 Å². The van der Waals surface area contributed by atoms with Crippen LogP contribution in [-0.2, 0) is 0 Å². The van der Waals surface area contributed by atoms with Gasteiger partial charge in [0.1, 0.15) is 5.52 Å². The molecule has 0 spiro atoms. The molecule has 0 saturated heterocycles. The SMILES string of the molecule is Cc1cc(Nc2nc(C(=O)c3ccc(F)c(F)c3)nn3cccc23)n[nH]1. The maximum absolute atomic E-state index is 13.4. The summed E-state index contributed by atoms with van der Waals surface area (Å²) in [6.45, 7) is 1.85. The molecular formula is C17H12F2N6O. The number of nitrogens with zero attached hydrogens (tertiary/aromatic N) is 4. The van der Waals surface area contributed by atoms with E-state index in [9.17, 15) is 13.6 Å². The fourth-order valence-corrected chi connectivity index (χ4v) is 2.49. The van der Waals surface area contributed by atoms with Crippen LogP contribution in [0.3, 0.4) is 0 Å². The zero-order chi connectivity index (χ0) is 18.3. The summed E-state index contributed by atoms with van der Waals surface area (Å²) in [5.41, 5.74) is 1.44. The van der Waals surface area contributed by atoms with E-state index in [-0.39, 0.29) is 11.4 Å². The van der Waals surface area contributed by atoms with Gasteiger partial charge in [0, 0.05) is 23.5 Å². The lowest BCUT2D eigenvalue weighted by atomic mass is 10.1. The molecule has 3 heterocycles. The summed E-state index contributed by atoms with van der Waals surface area (Å²) < 4.78 is 28.0. The second-order valence-corrected chi connectivity index (χ2v) is 5.64. The van der Waals surface area contributed by atoms with Crippen LogP contribution in [0.5, 0.6) is 0 Å². The number of hydrogen-bond donors (Lipinski definition) is 2. The summed E-state index contributed by atoms with van der Waals surface area (Å²) in [7, 11) is 0. The Hall–Kier alpha value is -3.62. The zero-order valence-corrected chi connectivity index (χ0v) is 13.5. The highest BCUT2D eigenvalue weighted by molar-refractivity contribution is 6.06. The summed E-state index contributed by atoms with van der Waals surface area (Å²) in [6, 6.07) is 8.20. The highest BCUT2D eigenvalue weighted by atomic mass is 19.2. The van der Waals surface area contributed by atoms with E-state index in [0.29, 0.717) is 17.2 Å². The minimum absolute atomic E-state index is 0.0445. The number of anilines is 2. The number of nitrogens with one attached hydrogen (secondary N) is 2. The Morgan fingerprint density at radius 3 is 2.77 bits per heavy atom. The molecule has 0 aliphatic rings. The third kappa shape index (κ3) is 2.79. The van der Waals surface area contributed by atoms with Gasteiger partial charge in [-0.2, -0.15) is 5.10 Å². The lowest BCUT2D eigenvalue weighted by molar-refractivity contribution is 0.102. The maximum Gasteiger partial charge on any atom is 0.232 e. The standard InChI is InChI=1S/C17H12F2N6O/c1-9-7-14(23-22-9)20-16-13-3-2-6-25(13)24-17(21-16)15(26)10-4-5-11(18)12(19)8-10/h2-8H,1H3,(H2,20,21,22,23,24). The first-order valence-electron chi connectivity index (χ1n) is 7.65. The average molecular weight is 354 g/mol. The predicted octanol–water partition coefficient (Wildman–Crippen LogP) is 3.01. The first-order valence-corrected chi connectivity index (χ1v) is 7.65. The maximum atomic E-state index is 13.4. The second kappa shape index (κ2) is 6.03. The summed E-state index contributed by atoms with van der Waals surface area (Å²) >= 11 is 0. The van der Waals surface area contributed by atoms with Crippen molar-refractivity contribution >= 4 is 22.9 Å². The number of rotatable bonds is 4. The lowest BCUT2D eigenvalue weighted by Gasteiger charge is -2.07. The van der Waals surface area contributed by atoms with E-state index < -0.39 is 17.4 Å². The molecule has 0 saturated carbocycles. The van der Waals surface area contributed by atoms with Gasteiger partial charge in [-0.1, -0.05) is 0 Å². The number of ketones is 1. The quantitative estimate of drug-likeness (QED) is 0.550. The Morgan fingerprint density at radius 2 is 2.04 bits per heavy atom. The Bertz CT molecular complexity index is 1130. The number of aromatic nitrogens is 5. The van der Waals surface area contributed by atoms with Crippen LogP contribution in [0.2, 0.25) is 0 Å². The van der Waals surface area contributed by atoms with Gasteiger partial charge in [-0.05, 0) is 37.3 Å². The number of aryl methyl sites for hydroxylation is 1. The van der Waals surface area contributed by atoms with Crippen molar-refractivity contribution in [2.45, 2.75) is 6.92 Å². The van der Waals surface area contributed by atoms with E-state index in [1.54, 1.807) is 24.4 Å². The van der Waals surface area contributed by atoms with Gasteiger partial charge in [-0.15, -0.1) is 5.10 Å². The fraction of sp³-hybridized carbons (Fsp3) is 0.0588. The molecule has 0 bridgehead atoms. The summed E-state index contributed by atoms with van der Waals surface area (Å²) in [4.78, 5) is 16.9. The molecule has 9 heteroatoms. The van der Waals surface area contributed by atoms with Crippen LogP contribution in [-0.4, -0.2) is 30.6 Å². The van der Waals surface area contributed by atoms with Gasteiger partial charge in [-0.3, -0.25) is 9.89 Å². The smallest absolute Gasteiger partial charge is 0.232 e. The molecular weight excluding hydrogens is 342 g/mol. The van der Waals surface area contributed by atoms with Crippen LogP contribution >= 0.6 is 0 Å². The molecule has 0 atom stereocenters. The number of carbonyl (C=O) groups excluding carboxylic acids is 1. The molecule has 4 aromatic rings. The number of carbonyl (C=O) groups is 1. The molecule has 0 unspecified atom stereocenters. The molecule has 0 radical (unpaired) electrons. The predicted molar refractivity (Wildman–Crippen MR) is 89.4 cm³/mol. The second-order valence-electron chi connectivity index (χ2n) is 5.64. The van der Waals surface area contributed by atoms with Gasteiger partial charge < -0.3 is 5.32 Å². The van der Waals surface area contributed by atoms with E-state index >= 15 is 0 Å². The summed E-state index contributed by atoms with van der Waals surface area (Å²) in [5, 5.41) is 14.0. The van der Waals surface area contributed by atoms with Crippen LogP contribution in [0.15, 0.2) is 42.6 Å². The fourth-order valence-electron chi connectivity index (χ4n) is 2.49. The molecule has 0 fully saturated rings. The Kier molecular flexibility index (Phi) is 3.68. The summed E-state index contributed by atoms with van der Waals surface area (Å²) in [5.74, 6) is -2.03. The van der Waals surface area contributed by atoms with Crippen molar-refractivity contribution in [3.05, 3.63) is 71.3 Å². The minimum atomic E-state index is -1.11. The molecule has 7 nitrogen and oxygen atoms in total. The molecule has 130 valence electrons. The van der Waals surface area contributed by atoms with Gasteiger partial charge in [0.05, 0.1) is 0 Å². The monoisotopic (exact) mass is 354 g/mol. The van der Waals surface area contributed by atoms with Crippen molar-refractivity contribution in [1.29, 1.82) is 0 Å². The summed E-state index contributed by atoms with van der Waals surface area (Å²) in [6.07, 6.45) is 1.65. The van der Waals surface area contributed by atoms with E-state index in [4.69, 9.17) is 0 Å². The van der Waals surface area contributed by atoms with Gasteiger partial charge in [0.25, 0.3) is 0 Å². The number of H-pyrrole nitrogens is 1. The van der Waals surface area contributed by atoms with Crippen LogP contribution < -0.4 is 5.32 Å². The Balaban J connectivity index is 1.77. The molecule has 0 aliphatic carbocycles. The van der Waals surface area contributed by atoms with E-state index in [1.807, 2.05) is 6.92 Å². The molecule has 2 N–H and O–H groups in total. The average Bonchev–Trinajstić information content (AvgIpc) is 3.25. The number of aromatic amines is 1. The van der Waals surface area contributed by atoms with Crippen LogP contribution in [0.4, 0.5) is 20.4 Å². The van der Waals surface area contributed by atoms with Crippen LogP contribution in [0, 0.1) is 18.6 Å². The lowest BCUT2D eigenvalue weighted by Crippen LogP contribution is -2.13. The van der Waals surface area contributed by atoms with Gasteiger partial charge in [0.2, 0.25) is 11.6 Å². The molecule has 26 heavy (non-hydrogen) atoms. The first-order chi connectivity index (χ1) is 12.5. The van der Waals surface area contributed by atoms with Gasteiger partial charge in [0.15, 0.2) is 23.3 Å². The molecule has 0 amide bonds. The first kappa shape index (κ1) is 15.9. The van der Waals surface area contributed by atoms with Crippen molar-refractivity contribution in [3.63, 3.8) is 0 Å². The number of hydrogen-bond acceptors (Lipinski definition) is 5. The highest BCUT2D eigenvalue weighted by Gasteiger charge is 2.18. The van der Waals surface area contributed by atoms with E-state index in [2.05, 4.69) is 25.6 Å². The number of benzene rings is 1. The molecule has 3 aromatic heterocycles. The molecule has 0 aliphatic heterocycles. The largest absolute Gasteiger partial charge is 0.322 e. The minimum Gasteiger partial charge on any atom is -0.322 e. The van der Waals surface area contributed by atoms with Crippen molar-refractivity contribution in [1.82, 2.24) is 24.8 Å². The van der Waals surface area contributed by atoms with Gasteiger partial charge >= 0.3 is 0 Å². The van der Waals surface area contributed by atoms with Crippen LogP contribution in [0.1, 0.15) is 21.9 Å². The third-order valence-electron chi connectivity index (χ3n) is 3.73. The highest BCUT2D eigenvalue weighted by Crippen LogP contribution is 2.20. The Morgan fingerprint density at radius 1 is 1.19 bits per heavy atom. The van der Waals surface area contributed by atoms with Gasteiger partial charge in [-0.25, -0.2) is 18.3 Å². The number of fused-ring (bicyclic) bond motifs is 1.